The molecule has 0 radical (unpaired) electrons. The molecule has 0 aliphatic heterocycles. The van der Waals surface area contributed by atoms with Crippen molar-refractivity contribution in [2.45, 2.75) is 0 Å². The zero-order chi connectivity index (χ0) is 17.8. The van der Waals surface area contributed by atoms with Crippen molar-refractivity contribution in [3.8, 4) is 0 Å². The number of hydrogen-bond acceptors (Lipinski definition) is 4. The molecule has 2 N–H and O–H groups in total. The van der Waals surface area contributed by atoms with Gasteiger partial charge in [0.1, 0.15) is 17.3 Å². The fraction of sp³-hybridized carbons (Fsp3) is 0. The lowest BCUT2D eigenvalue weighted by atomic mass is 10.2. The van der Waals surface area contributed by atoms with E-state index in [9.17, 15) is 13.6 Å². The Hall–Kier alpha value is -3.06. The number of amides is 1. The van der Waals surface area contributed by atoms with Crippen molar-refractivity contribution in [3.05, 3.63) is 76.9 Å². The average Bonchev–Trinajstić information content (AvgIpc) is 2.61. The molecule has 0 aliphatic rings. The first-order valence-electron chi connectivity index (χ1n) is 7.15. The van der Waals surface area contributed by atoms with Crippen molar-refractivity contribution in [2.75, 3.05) is 10.6 Å². The van der Waals surface area contributed by atoms with Gasteiger partial charge in [0.25, 0.3) is 5.91 Å². The number of carbonyl (C=O) groups is 1. The smallest absolute Gasteiger partial charge is 0.276 e. The zero-order valence-corrected chi connectivity index (χ0v) is 13.4. The lowest BCUT2D eigenvalue weighted by molar-refractivity contribution is 0.102. The van der Waals surface area contributed by atoms with E-state index >= 15 is 0 Å². The fourth-order valence-corrected chi connectivity index (χ4v) is 2.20. The summed E-state index contributed by atoms with van der Waals surface area (Å²) in [6, 6.07) is 13.2. The van der Waals surface area contributed by atoms with Gasteiger partial charge in [-0.25, -0.2) is 8.78 Å². The molecular weight excluding hydrogens is 350 g/mol. The number of halogens is 3. The topological polar surface area (TPSA) is 66.9 Å². The summed E-state index contributed by atoms with van der Waals surface area (Å²) in [7, 11) is 0. The number of para-hydroxylation sites is 2. The minimum atomic E-state index is -0.877. The summed E-state index contributed by atoms with van der Waals surface area (Å²) < 4.78 is 27.1. The Morgan fingerprint density at radius 1 is 0.920 bits per heavy atom. The number of nitrogens with zero attached hydrogens (tertiary/aromatic N) is 2. The molecule has 5 nitrogen and oxygen atoms in total. The highest BCUT2D eigenvalue weighted by atomic mass is 35.5. The standard InChI is InChI=1S/C17H11ClF2N4O/c18-10-4-1-2-7-13(10)21-15-9-8-14(23-24-15)17(25)22-16-11(19)5-3-6-12(16)20/h1-9H,(H,21,24)(H,22,25). The molecule has 0 fully saturated rings. The van der Waals surface area contributed by atoms with Crippen LogP contribution in [0.5, 0.6) is 0 Å². The Morgan fingerprint density at radius 3 is 2.28 bits per heavy atom. The Balaban J connectivity index is 1.74. The van der Waals surface area contributed by atoms with Gasteiger partial charge in [-0.2, -0.15) is 0 Å². The van der Waals surface area contributed by atoms with Gasteiger partial charge in [-0.1, -0.05) is 29.8 Å². The Kier molecular flexibility index (Phi) is 4.85. The van der Waals surface area contributed by atoms with E-state index in [1.807, 2.05) is 0 Å². The zero-order valence-electron chi connectivity index (χ0n) is 12.6. The number of anilines is 3. The van der Waals surface area contributed by atoms with Crippen LogP contribution in [-0.4, -0.2) is 16.1 Å². The van der Waals surface area contributed by atoms with Gasteiger partial charge in [-0.15, -0.1) is 10.2 Å². The van der Waals surface area contributed by atoms with Crippen LogP contribution in [0.15, 0.2) is 54.6 Å². The molecule has 0 spiro atoms. The number of rotatable bonds is 4. The molecule has 0 saturated heterocycles. The van der Waals surface area contributed by atoms with Gasteiger partial charge in [0.2, 0.25) is 0 Å². The molecule has 0 bridgehead atoms. The van der Waals surface area contributed by atoms with E-state index in [1.165, 1.54) is 18.2 Å². The molecule has 8 heteroatoms. The van der Waals surface area contributed by atoms with E-state index in [0.29, 0.717) is 16.5 Å². The van der Waals surface area contributed by atoms with E-state index in [1.54, 1.807) is 24.3 Å². The minimum absolute atomic E-state index is 0.0904. The van der Waals surface area contributed by atoms with Crippen LogP contribution in [-0.2, 0) is 0 Å². The quantitative estimate of drug-likeness (QED) is 0.723. The van der Waals surface area contributed by atoms with Gasteiger partial charge in [0.15, 0.2) is 11.5 Å². The lowest BCUT2D eigenvalue weighted by Gasteiger charge is -2.08. The first kappa shape index (κ1) is 16.8. The molecule has 0 saturated carbocycles. The molecule has 25 heavy (non-hydrogen) atoms. The van der Waals surface area contributed by atoms with Crippen molar-refractivity contribution in [3.63, 3.8) is 0 Å². The number of benzene rings is 2. The van der Waals surface area contributed by atoms with E-state index in [-0.39, 0.29) is 5.69 Å². The maximum absolute atomic E-state index is 13.6. The number of aromatic nitrogens is 2. The van der Waals surface area contributed by atoms with Crippen molar-refractivity contribution >= 4 is 34.7 Å². The molecule has 1 heterocycles. The molecular formula is C17H11ClF2N4O. The second kappa shape index (κ2) is 7.23. The van der Waals surface area contributed by atoms with Crippen LogP contribution in [0.1, 0.15) is 10.5 Å². The van der Waals surface area contributed by atoms with E-state index in [0.717, 1.165) is 12.1 Å². The van der Waals surface area contributed by atoms with Crippen LogP contribution in [0.4, 0.5) is 26.0 Å². The second-order valence-electron chi connectivity index (χ2n) is 4.96. The third-order valence-corrected chi connectivity index (χ3v) is 3.56. The maximum Gasteiger partial charge on any atom is 0.276 e. The van der Waals surface area contributed by atoms with Crippen molar-refractivity contribution in [2.24, 2.45) is 0 Å². The highest BCUT2D eigenvalue weighted by Gasteiger charge is 2.15. The van der Waals surface area contributed by atoms with Crippen LogP contribution < -0.4 is 10.6 Å². The molecule has 0 aliphatic carbocycles. The van der Waals surface area contributed by atoms with Crippen LogP contribution in [0.25, 0.3) is 0 Å². The van der Waals surface area contributed by atoms with Gasteiger partial charge in [0.05, 0.1) is 10.7 Å². The van der Waals surface area contributed by atoms with Crippen LogP contribution in [0.3, 0.4) is 0 Å². The predicted octanol–water partition coefficient (Wildman–Crippen LogP) is 4.40. The molecule has 126 valence electrons. The monoisotopic (exact) mass is 360 g/mol. The Labute approximate surface area is 146 Å². The van der Waals surface area contributed by atoms with Gasteiger partial charge in [0, 0.05) is 0 Å². The van der Waals surface area contributed by atoms with Crippen molar-refractivity contribution in [1.82, 2.24) is 10.2 Å². The van der Waals surface area contributed by atoms with Crippen molar-refractivity contribution < 1.29 is 13.6 Å². The third-order valence-electron chi connectivity index (χ3n) is 3.24. The molecule has 0 unspecified atom stereocenters. The van der Waals surface area contributed by atoms with Gasteiger partial charge in [-0.3, -0.25) is 4.79 Å². The second-order valence-corrected chi connectivity index (χ2v) is 5.37. The summed E-state index contributed by atoms with van der Waals surface area (Å²) in [6.45, 7) is 0. The molecule has 3 rings (SSSR count). The third kappa shape index (κ3) is 3.89. The van der Waals surface area contributed by atoms with Crippen LogP contribution in [0, 0.1) is 11.6 Å². The largest absolute Gasteiger partial charge is 0.338 e. The summed E-state index contributed by atoms with van der Waals surface area (Å²) in [5, 5.41) is 13.2. The van der Waals surface area contributed by atoms with Gasteiger partial charge < -0.3 is 10.6 Å². The number of nitrogens with one attached hydrogen (secondary N) is 2. The van der Waals surface area contributed by atoms with Gasteiger partial charge in [-0.05, 0) is 36.4 Å². The SMILES string of the molecule is O=C(Nc1c(F)cccc1F)c1ccc(Nc2ccccc2Cl)nn1. The van der Waals surface area contributed by atoms with E-state index in [2.05, 4.69) is 20.8 Å². The van der Waals surface area contributed by atoms with Crippen LogP contribution >= 0.6 is 11.6 Å². The summed E-state index contributed by atoms with van der Waals surface area (Å²) in [5.41, 5.74) is 0.00373. The van der Waals surface area contributed by atoms with Gasteiger partial charge >= 0.3 is 0 Å². The minimum Gasteiger partial charge on any atom is -0.338 e. The molecule has 3 aromatic rings. The molecule has 2 aromatic carbocycles. The molecule has 1 aromatic heterocycles. The maximum atomic E-state index is 13.6. The van der Waals surface area contributed by atoms with Crippen LogP contribution in [0.2, 0.25) is 5.02 Å². The highest BCUT2D eigenvalue weighted by molar-refractivity contribution is 6.33. The normalized spacial score (nSPS) is 10.4. The Bertz CT molecular complexity index is 899. The average molecular weight is 361 g/mol. The summed E-state index contributed by atoms with van der Waals surface area (Å²) in [4.78, 5) is 12.1. The summed E-state index contributed by atoms with van der Waals surface area (Å²) in [6.07, 6.45) is 0. The first-order valence-corrected chi connectivity index (χ1v) is 7.53. The first-order chi connectivity index (χ1) is 12.0. The number of hydrogen-bond donors (Lipinski definition) is 2. The van der Waals surface area contributed by atoms with Crippen molar-refractivity contribution in [1.29, 1.82) is 0 Å². The summed E-state index contributed by atoms with van der Waals surface area (Å²) >= 11 is 6.03. The van der Waals surface area contributed by atoms with E-state index < -0.39 is 23.2 Å². The number of carbonyl (C=O) groups excluding carboxylic acids is 1. The Morgan fingerprint density at radius 2 is 1.64 bits per heavy atom. The fourth-order valence-electron chi connectivity index (χ4n) is 2.02. The lowest BCUT2D eigenvalue weighted by Crippen LogP contribution is -2.16. The molecule has 1 amide bonds. The highest BCUT2D eigenvalue weighted by Crippen LogP contribution is 2.23. The predicted molar refractivity (Wildman–Crippen MR) is 91.1 cm³/mol. The van der Waals surface area contributed by atoms with E-state index in [4.69, 9.17) is 11.6 Å². The molecule has 0 atom stereocenters. The summed E-state index contributed by atoms with van der Waals surface area (Å²) in [5.74, 6) is -2.17.